The molecule has 1 fully saturated rings. The Morgan fingerprint density at radius 3 is 2.85 bits per heavy atom. The summed E-state index contributed by atoms with van der Waals surface area (Å²) in [5.41, 5.74) is 2.38. The lowest BCUT2D eigenvalue weighted by molar-refractivity contribution is 0.184. The third kappa shape index (κ3) is 4.57. The van der Waals surface area contributed by atoms with E-state index < -0.39 is 0 Å². The van der Waals surface area contributed by atoms with Gasteiger partial charge in [-0.1, -0.05) is 32.8 Å². The molecule has 3 heteroatoms. The number of pyridine rings is 1. The van der Waals surface area contributed by atoms with Crippen LogP contribution in [0.5, 0.6) is 0 Å². The summed E-state index contributed by atoms with van der Waals surface area (Å²) in [6.07, 6.45) is 6.74. The Morgan fingerprint density at radius 1 is 1.20 bits per heavy atom. The van der Waals surface area contributed by atoms with Gasteiger partial charge in [-0.3, -0.25) is 9.88 Å². The van der Waals surface area contributed by atoms with Crippen LogP contribution in [0.15, 0.2) is 18.2 Å². The van der Waals surface area contributed by atoms with Gasteiger partial charge in [0.05, 0.1) is 11.4 Å². The van der Waals surface area contributed by atoms with Crippen molar-refractivity contribution in [1.29, 1.82) is 0 Å². The fourth-order valence-electron chi connectivity index (χ4n) is 3.08. The monoisotopic (exact) mass is 275 g/mol. The number of likely N-dealkylation sites (tertiary alicyclic amines) is 1. The lowest BCUT2D eigenvalue weighted by Gasteiger charge is -2.28. The lowest BCUT2D eigenvalue weighted by Crippen LogP contribution is -2.34. The fourth-order valence-corrected chi connectivity index (χ4v) is 3.08. The zero-order valence-electron chi connectivity index (χ0n) is 13.1. The highest BCUT2D eigenvalue weighted by molar-refractivity contribution is 5.11. The minimum Gasteiger partial charge on any atom is -0.311 e. The molecule has 2 rings (SSSR count). The predicted molar refractivity (Wildman–Crippen MR) is 84.6 cm³/mol. The molecule has 1 saturated heterocycles. The van der Waals surface area contributed by atoms with Crippen molar-refractivity contribution in [2.75, 3.05) is 13.1 Å². The van der Waals surface area contributed by atoms with E-state index in [-0.39, 0.29) is 0 Å². The van der Waals surface area contributed by atoms with Crippen molar-refractivity contribution in [2.24, 2.45) is 0 Å². The Labute approximate surface area is 123 Å². The van der Waals surface area contributed by atoms with E-state index in [1.807, 2.05) is 0 Å². The summed E-state index contributed by atoms with van der Waals surface area (Å²) in [5.74, 6) is 0. The normalized spacial score (nSPS) is 20.8. The molecule has 0 aliphatic carbocycles. The molecule has 20 heavy (non-hydrogen) atoms. The molecule has 1 aromatic heterocycles. The van der Waals surface area contributed by atoms with Crippen molar-refractivity contribution >= 4 is 0 Å². The molecule has 0 saturated carbocycles. The van der Waals surface area contributed by atoms with Crippen LogP contribution >= 0.6 is 0 Å². The summed E-state index contributed by atoms with van der Waals surface area (Å²) < 4.78 is 0. The smallest absolute Gasteiger partial charge is 0.0547 e. The number of nitrogens with zero attached hydrogens (tertiary/aromatic N) is 2. The Hall–Kier alpha value is -0.930. The first-order valence-electron chi connectivity index (χ1n) is 8.23. The van der Waals surface area contributed by atoms with Crippen molar-refractivity contribution in [3.05, 3.63) is 29.6 Å². The van der Waals surface area contributed by atoms with Gasteiger partial charge in [0.15, 0.2) is 0 Å². The van der Waals surface area contributed by atoms with E-state index in [0.29, 0.717) is 0 Å². The van der Waals surface area contributed by atoms with Gasteiger partial charge in [-0.2, -0.15) is 0 Å². The highest BCUT2D eigenvalue weighted by Crippen LogP contribution is 2.20. The van der Waals surface area contributed by atoms with Gasteiger partial charge in [0.25, 0.3) is 0 Å². The molecule has 1 aliphatic rings. The van der Waals surface area contributed by atoms with E-state index in [4.69, 9.17) is 4.98 Å². The van der Waals surface area contributed by atoms with Crippen LogP contribution in [-0.4, -0.2) is 29.0 Å². The summed E-state index contributed by atoms with van der Waals surface area (Å²) in [6, 6.07) is 7.18. The average molecular weight is 275 g/mol. The van der Waals surface area contributed by atoms with Crippen molar-refractivity contribution in [3.63, 3.8) is 0 Å². The van der Waals surface area contributed by atoms with E-state index in [2.05, 4.69) is 42.3 Å². The summed E-state index contributed by atoms with van der Waals surface area (Å²) in [5, 5.41) is 3.35. The number of hydrogen-bond donors (Lipinski definition) is 1. The second-order valence-corrected chi connectivity index (χ2v) is 5.78. The van der Waals surface area contributed by atoms with Gasteiger partial charge >= 0.3 is 0 Å². The number of hydrogen-bond acceptors (Lipinski definition) is 3. The molecule has 0 aromatic carbocycles. The maximum absolute atomic E-state index is 4.80. The van der Waals surface area contributed by atoms with Crippen LogP contribution in [0.2, 0.25) is 0 Å². The topological polar surface area (TPSA) is 28.2 Å². The number of nitrogens with one attached hydrogen (secondary N) is 1. The molecule has 112 valence electrons. The quantitative estimate of drug-likeness (QED) is 0.863. The van der Waals surface area contributed by atoms with Crippen molar-refractivity contribution in [3.8, 4) is 0 Å². The Bertz CT molecular complexity index is 392. The van der Waals surface area contributed by atoms with Gasteiger partial charge in [0, 0.05) is 19.1 Å². The lowest BCUT2D eigenvalue weighted by atomic mass is 10.1. The molecule has 0 amide bonds. The molecule has 3 nitrogen and oxygen atoms in total. The van der Waals surface area contributed by atoms with E-state index in [9.17, 15) is 0 Å². The van der Waals surface area contributed by atoms with Gasteiger partial charge in [-0.15, -0.1) is 0 Å². The summed E-state index contributed by atoms with van der Waals surface area (Å²) in [6.45, 7) is 8.57. The van der Waals surface area contributed by atoms with Crippen LogP contribution < -0.4 is 5.32 Å². The fraction of sp³-hybridized carbons (Fsp3) is 0.706. The first-order chi connectivity index (χ1) is 9.83. The van der Waals surface area contributed by atoms with Gasteiger partial charge in [0.2, 0.25) is 0 Å². The van der Waals surface area contributed by atoms with E-state index in [1.54, 1.807) is 0 Å². The van der Waals surface area contributed by atoms with Crippen LogP contribution in [0.1, 0.15) is 57.3 Å². The standard InChI is InChI=1S/C17H29N3/c1-3-17-11-6-5-7-12-20(17)14-16-10-8-9-15(19-16)13-18-4-2/h8-10,17-18H,3-7,11-14H2,1-2H3. The SMILES string of the molecule is CCNCc1cccc(CN2CCCCCC2CC)n1. The van der Waals surface area contributed by atoms with Crippen LogP contribution in [0, 0.1) is 0 Å². The van der Waals surface area contributed by atoms with Gasteiger partial charge in [-0.05, 0) is 44.5 Å². The minimum absolute atomic E-state index is 0.747. The maximum Gasteiger partial charge on any atom is 0.0547 e. The molecule has 1 aliphatic heterocycles. The van der Waals surface area contributed by atoms with E-state index in [0.717, 1.165) is 31.4 Å². The van der Waals surface area contributed by atoms with Gasteiger partial charge in [-0.25, -0.2) is 0 Å². The Balaban J connectivity index is 1.99. The molecular formula is C17H29N3. The Kier molecular flexibility index (Phi) is 6.48. The van der Waals surface area contributed by atoms with E-state index >= 15 is 0 Å². The predicted octanol–water partition coefficient (Wildman–Crippen LogP) is 3.35. The van der Waals surface area contributed by atoms with E-state index in [1.165, 1.54) is 44.3 Å². The minimum atomic E-state index is 0.747. The molecule has 1 N–H and O–H groups in total. The summed E-state index contributed by atoms with van der Waals surface area (Å²) in [7, 11) is 0. The van der Waals surface area contributed by atoms with Crippen molar-refractivity contribution < 1.29 is 0 Å². The van der Waals surface area contributed by atoms with Crippen LogP contribution in [0.3, 0.4) is 0 Å². The highest BCUT2D eigenvalue weighted by atomic mass is 15.2. The first-order valence-corrected chi connectivity index (χ1v) is 8.23. The number of rotatable bonds is 6. The highest BCUT2D eigenvalue weighted by Gasteiger charge is 2.19. The van der Waals surface area contributed by atoms with Crippen LogP contribution in [0.4, 0.5) is 0 Å². The van der Waals surface area contributed by atoms with Crippen molar-refractivity contribution in [2.45, 2.75) is 65.1 Å². The average Bonchev–Trinajstić information content (AvgIpc) is 2.70. The molecule has 1 aromatic rings. The third-order valence-electron chi connectivity index (χ3n) is 4.26. The van der Waals surface area contributed by atoms with Crippen LogP contribution in [-0.2, 0) is 13.1 Å². The summed E-state index contributed by atoms with van der Waals surface area (Å²) in [4.78, 5) is 7.44. The molecule has 0 bridgehead atoms. The molecule has 1 unspecified atom stereocenters. The molecule has 0 radical (unpaired) electrons. The molecule has 0 spiro atoms. The van der Waals surface area contributed by atoms with Gasteiger partial charge < -0.3 is 5.32 Å². The second kappa shape index (κ2) is 8.38. The largest absolute Gasteiger partial charge is 0.311 e. The summed E-state index contributed by atoms with van der Waals surface area (Å²) >= 11 is 0. The molecular weight excluding hydrogens is 246 g/mol. The third-order valence-corrected chi connectivity index (χ3v) is 4.26. The van der Waals surface area contributed by atoms with Gasteiger partial charge in [0.1, 0.15) is 0 Å². The zero-order chi connectivity index (χ0) is 14.2. The second-order valence-electron chi connectivity index (χ2n) is 5.78. The van der Waals surface area contributed by atoms with Crippen molar-refractivity contribution in [1.82, 2.24) is 15.2 Å². The number of aromatic nitrogens is 1. The first kappa shape index (κ1) is 15.5. The molecule has 2 heterocycles. The zero-order valence-corrected chi connectivity index (χ0v) is 13.1. The van der Waals surface area contributed by atoms with Crippen LogP contribution in [0.25, 0.3) is 0 Å². The maximum atomic E-state index is 4.80. The molecule has 1 atom stereocenters. The Morgan fingerprint density at radius 2 is 2.05 bits per heavy atom.